The summed E-state index contributed by atoms with van der Waals surface area (Å²) in [5, 5.41) is 0. The molecule has 0 radical (unpaired) electrons. The van der Waals surface area contributed by atoms with Crippen molar-refractivity contribution in [3.8, 4) is 0 Å². The Labute approximate surface area is 146 Å². The predicted molar refractivity (Wildman–Crippen MR) is 96.4 cm³/mol. The third-order valence-electron chi connectivity index (χ3n) is 5.10. The molecule has 2 heterocycles. The van der Waals surface area contributed by atoms with Gasteiger partial charge in [0.2, 0.25) is 0 Å². The molecule has 4 nitrogen and oxygen atoms in total. The second kappa shape index (κ2) is 7.08. The maximum absolute atomic E-state index is 3.56. The number of aromatic amines is 2. The van der Waals surface area contributed by atoms with E-state index in [2.05, 4.69) is 83.5 Å². The average Bonchev–Trinajstić information content (AvgIpc) is 3.01. The molecule has 2 aromatic rings. The second-order valence-corrected chi connectivity index (χ2v) is 20.9. The number of hydrogen-bond donors (Lipinski definition) is 2. The summed E-state index contributed by atoms with van der Waals surface area (Å²) < 4.78 is 8.46. The molecule has 0 bridgehead atoms. The molecule has 0 fully saturated rings. The number of aromatic nitrogens is 2. The quantitative estimate of drug-likeness (QED) is 0.621. The average molecular weight is 483 g/mol. The van der Waals surface area contributed by atoms with Gasteiger partial charge in [-0.3, -0.25) is 0 Å². The first-order valence-electron chi connectivity index (χ1n) is 8.54. The van der Waals surface area contributed by atoms with Crippen molar-refractivity contribution in [2.75, 3.05) is 27.2 Å². The minimum atomic E-state index is -3.35. The van der Waals surface area contributed by atoms with E-state index in [9.17, 15) is 0 Å². The van der Waals surface area contributed by atoms with E-state index in [4.69, 9.17) is 0 Å². The van der Waals surface area contributed by atoms with Crippen molar-refractivity contribution < 1.29 is 20.5 Å². The van der Waals surface area contributed by atoms with Crippen LogP contribution in [0.2, 0.25) is 0 Å². The van der Waals surface area contributed by atoms with E-state index < -0.39 is 20.5 Å². The Bertz CT molecular complexity index is 612. The predicted octanol–water partition coefficient (Wildman–Crippen LogP) is 2.41. The topological polar surface area (TPSA) is 38.1 Å². The summed E-state index contributed by atoms with van der Waals surface area (Å²) in [6.07, 6.45) is 0. The Hall–Kier alpha value is -0.650. The zero-order chi connectivity index (χ0) is 17.4. The van der Waals surface area contributed by atoms with Crippen LogP contribution in [0.5, 0.6) is 0 Å². The van der Waals surface area contributed by atoms with Crippen LogP contribution in [0.3, 0.4) is 0 Å². The van der Waals surface area contributed by atoms with Crippen LogP contribution in [-0.2, 0) is 20.5 Å². The van der Waals surface area contributed by atoms with Crippen LogP contribution < -0.4 is 6.64 Å². The van der Waals surface area contributed by atoms with Gasteiger partial charge in [0.25, 0.3) is 0 Å². The summed E-state index contributed by atoms with van der Waals surface area (Å²) in [6.45, 7) is 15.5. The van der Waals surface area contributed by atoms with Crippen LogP contribution in [0, 0.1) is 27.7 Å². The number of aryl methyl sites for hydroxylation is 4. The van der Waals surface area contributed by atoms with Gasteiger partial charge in [-0.15, -0.1) is 0 Å². The van der Waals surface area contributed by atoms with Gasteiger partial charge < -0.3 is 0 Å². The van der Waals surface area contributed by atoms with E-state index in [0.717, 1.165) is 13.1 Å². The van der Waals surface area contributed by atoms with Gasteiger partial charge in [0.1, 0.15) is 0 Å². The third-order valence-corrected chi connectivity index (χ3v) is 24.4. The van der Waals surface area contributed by atoms with Crippen LogP contribution in [0.15, 0.2) is 12.1 Å². The van der Waals surface area contributed by atoms with Crippen LogP contribution in [0.25, 0.3) is 0 Å². The Kier molecular flexibility index (Phi) is 5.75. The molecule has 0 saturated carbocycles. The van der Waals surface area contributed by atoms with Gasteiger partial charge in [-0.2, -0.15) is 0 Å². The third kappa shape index (κ3) is 3.03. The van der Waals surface area contributed by atoms with Crippen molar-refractivity contribution in [3.63, 3.8) is 0 Å². The van der Waals surface area contributed by atoms with Crippen molar-refractivity contribution >= 4 is 6.64 Å². The Morgan fingerprint density at radius 3 is 1.35 bits per heavy atom. The van der Waals surface area contributed by atoms with Crippen molar-refractivity contribution in [3.05, 3.63) is 34.9 Å². The normalized spacial score (nSPS) is 12.6. The number of hydrogen-bond acceptors (Lipinski definition) is 2. The van der Waals surface area contributed by atoms with Gasteiger partial charge >= 0.3 is 147 Å². The van der Waals surface area contributed by atoms with E-state index in [1.54, 1.807) is 6.64 Å². The summed E-state index contributed by atoms with van der Waals surface area (Å²) in [4.78, 5) is 7.12. The molecule has 128 valence electrons. The van der Waals surface area contributed by atoms with Crippen LogP contribution >= 0.6 is 0 Å². The monoisotopic (exact) mass is 484 g/mol. The second-order valence-electron chi connectivity index (χ2n) is 6.68. The van der Waals surface area contributed by atoms with E-state index in [0.29, 0.717) is 0 Å². The van der Waals surface area contributed by atoms with Gasteiger partial charge in [0, 0.05) is 0 Å². The number of H-pyrrole nitrogens is 2. The fraction of sp³-hybridized carbons (Fsp3) is 0.556. The molecule has 0 aliphatic carbocycles. The molecule has 0 aliphatic rings. The van der Waals surface area contributed by atoms with Gasteiger partial charge in [-0.05, 0) is 0 Å². The molecule has 0 unspecified atom stereocenters. The van der Waals surface area contributed by atoms with Crippen LogP contribution in [-0.4, -0.2) is 42.9 Å². The molecule has 2 rings (SSSR count). The SMILES string of the molecule is CC[N](C)[Hf]([c]1cc(C)[nH]c1C)([c]1cc(C)[nH]c1C)[N](C)CC. The zero-order valence-electron chi connectivity index (χ0n) is 16.0. The van der Waals surface area contributed by atoms with E-state index in [-0.39, 0.29) is 0 Å². The van der Waals surface area contributed by atoms with Crippen molar-refractivity contribution in [2.24, 2.45) is 0 Å². The van der Waals surface area contributed by atoms with Crippen molar-refractivity contribution in [1.82, 2.24) is 15.7 Å². The zero-order valence-corrected chi connectivity index (χ0v) is 19.6. The van der Waals surface area contributed by atoms with Gasteiger partial charge in [-0.25, -0.2) is 0 Å². The number of nitrogens with zero attached hydrogens (tertiary/aromatic N) is 2. The Balaban J connectivity index is 2.85. The molecular formula is C18H32HfN4. The summed E-state index contributed by atoms with van der Waals surface area (Å²) in [5.41, 5.74) is 5.20. The molecule has 0 aromatic carbocycles. The molecule has 0 aliphatic heterocycles. The minimum absolute atomic E-state index is 1.07. The summed E-state index contributed by atoms with van der Waals surface area (Å²) in [6, 6.07) is 4.80. The van der Waals surface area contributed by atoms with Gasteiger partial charge in [0.05, 0.1) is 0 Å². The van der Waals surface area contributed by atoms with Gasteiger partial charge in [-0.1, -0.05) is 0 Å². The first-order valence-corrected chi connectivity index (χ1v) is 15.3. The first-order chi connectivity index (χ1) is 10.8. The molecule has 5 heteroatoms. The Morgan fingerprint density at radius 1 is 0.783 bits per heavy atom. The van der Waals surface area contributed by atoms with Crippen LogP contribution in [0.4, 0.5) is 0 Å². The molecule has 0 atom stereocenters. The Morgan fingerprint density at radius 2 is 1.13 bits per heavy atom. The van der Waals surface area contributed by atoms with Crippen molar-refractivity contribution in [2.45, 2.75) is 41.5 Å². The summed E-state index contributed by atoms with van der Waals surface area (Å²) >= 11 is -3.35. The van der Waals surface area contributed by atoms with E-state index in [1.807, 2.05) is 0 Å². The fourth-order valence-electron chi connectivity index (χ4n) is 3.89. The van der Waals surface area contributed by atoms with E-state index >= 15 is 0 Å². The van der Waals surface area contributed by atoms with E-state index in [1.165, 1.54) is 22.8 Å². The summed E-state index contributed by atoms with van der Waals surface area (Å²) in [5.74, 6) is 0. The molecule has 0 spiro atoms. The summed E-state index contributed by atoms with van der Waals surface area (Å²) in [7, 11) is 4.63. The molecule has 0 amide bonds. The molecule has 2 N–H and O–H groups in total. The molecular weight excluding hydrogens is 451 g/mol. The van der Waals surface area contributed by atoms with Crippen LogP contribution in [0.1, 0.15) is 36.6 Å². The first kappa shape index (κ1) is 18.7. The molecule has 2 aromatic heterocycles. The molecule has 0 saturated heterocycles. The number of rotatable bonds is 6. The molecule has 23 heavy (non-hydrogen) atoms. The van der Waals surface area contributed by atoms with Crippen molar-refractivity contribution in [1.29, 1.82) is 0 Å². The maximum atomic E-state index is 3.56. The van der Waals surface area contributed by atoms with Gasteiger partial charge in [0.15, 0.2) is 0 Å². The fourth-order valence-corrected chi connectivity index (χ4v) is 23.4. The number of nitrogens with one attached hydrogen (secondary N) is 2. The standard InChI is InChI=1S/2C6H8N.2C3H8N.Hf/c2*1-5-3-4-6(2)7-5;2*1-3-4-2;/h2*3,7H,1-2H3;2*3H2,1-2H3;/q;;2*-1;+2.